The number of hydrogen-bond donors (Lipinski definition) is 2. The predicted molar refractivity (Wildman–Crippen MR) is 60.2 cm³/mol. The van der Waals surface area contributed by atoms with E-state index < -0.39 is 0 Å². The first kappa shape index (κ1) is 10.4. The molecule has 1 unspecified atom stereocenters. The first-order chi connectivity index (χ1) is 6.52. The molecule has 1 aliphatic carbocycles. The van der Waals surface area contributed by atoms with Gasteiger partial charge in [0.05, 0.1) is 0 Å². The summed E-state index contributed by atoms with van der Waals surface area (Å²) in [5.74, 6) is 0. The van der Waals surface area contributed by atoms with E-state index in [1.165, 1.54) is 38.5 Å². The second-order valence-corrected chi connectivity index (χ2v) is 6.02. The van der Waals surface area contributed by atoms with Crippen LogP contribution in [0, 0.1) is 0 Å². The van der Waals surface area contributed by atoms with Crippen LogP contribution in [0.5, 0.6) is 0 Å². The fraction of sp³-hybridized carbons (Fsp3) is 1.00. The SMILES string of the molecule is CC1(C)CC(N)CC2(CCCCC2)N1. The lowest BCUT2D eigenvalue weighted by Gasteiger charge is -2.51. The molecule has 1 saturated heterocycles. The molecular weight excluding hydrogens is 172 g/mol. The molecule has 0 aromatic rings. The molecule has 1 atom stereocenters. The van der Waals surface area contributed by atoms with Crippen LogP contribution in [0.4, 0.5) is 0 Å². The van der Waals surface area contributed by atoms with Crippen molar-refractivity contribution in [3.8, 4) is 0 Å². The molecule has 0 bridgehead atoms. The summed E-state index contributed by atoms with van der Waals surface area (Å²) in [6, 6.07) is 0.407. The minimum absolute atomic E-state index is 0.245. The number of rotatable bonds is 0. The summed E-state index contributed by atoms with van der Waals surface area (Å²) in [5.41, 5.74) is 6.81. The van der Waals surface area contributed by atoms with Gasteiger partial charge in [-0.1, -0.05) is 19.3 Å². The van der Waals surface area contributed by atoms with E-state index in [9.17, 15) is 0 Å². The second-order valence-electron chi connectivity index (χ2n) is 6.02. The van der Waals surface area contributed by atoms with E-state index in [-0.39, 0.29) is 5.54 Å². The van der Waals surface area contributed by atoms with Crippen LogP contribution in [0.15, 0.2) is 0 Å². The largest absolute Gasteiger partial charge is 0.328 e. The Kier molecular flexibility index (Phi) is 2.61. The summed E-state index contributed by atoms with van der Waals surface area (Å²) in [6.07, 6.45) is 9.17. The predicted octanol–water partition coefficient (Wildman–Crippen LogP) is 2.18. The quantitative estimate of drug-likeness (QED) is 0.623. The van der Waals surface area contributed by atoms with Gasteiger partial charge in [0, 0.05) is 17.1 Å². The van der Waals surface area contributed by atoms with E-state index in [0.717, 1.165) is 6.42 Å². The van der Waals surface area contributed by atoms with E-state index >= 15 is 0 Å². The lowest BCUT2D eigenvalue weighted by molar-refractivity contribution is 0.0985. The first-order valence-electron chi connectivity index (χ1n) is 6.06. The van der Waals surface area contributed by atoms with E-state index in [1.807, 2.05) is 0 Å². The molecule has 1 spiro atoms. The molecule has 82 valence electrons. The Morgan fingerprint density at radius 2 is 1.71 bits per heavy atom. The van der Waals surface area contributed by atoms with Crippen LogP contribution >= 0.6 is 0 Å². The third-order valence-electron chi connectivity index (χ3n) is 3.84. The molecule has 0 amide bonds. The van der Waals surface area contributed by atoms with Gasteiger partial charge in [-0.05, 0) is 39.5 Å². The molecule has 2 nitrogen and oxygen atoms in total. The second kappa shape index (κ2) is 3.49. The highest BCUT2D eigenvalue weighted by Crippen LogP contribution is 2.38. The minimum atomic E-state index is 0.245. The fourth-order valence-electron chi connectivity index (χ4n) is 3.61. The summed E-state index contributed by atoms with van der Waals surface area (Å²) in [7, 11) is 0. The highest BCUT2D eigenvalue weighted by atomic mass is 15.1. The van der Waals surface area contributed by atoms with Crippen molar-refractivity contribution in [2.45, 2.75) is 75.9 Å². The molecule has 2 rings (SSSR count). The molecule has 0 radical (unpaired) electrons. The molecule has 2 aliphatic rings. The first-order valence-corrected chi connectivity index (χ1v) is 6.06. The maximum Gasteiger partial charge on any atom is 0.0201 e. The number of nitrogens with one attached hydrogen (secondary N) is 1. The molecule has 0 aromatic heterocycles. The van der Waals surface area contributed by atoms with Crippen LogP contribution in [-0.4, -0.2) is 17.1 Å². The van der Waals surface area contributed by atoms with Crippen LogP contribution in [0.25, 0.3) is 0 Å². The average Bonchev–Trinajstić information content (AvgIpc) is 2.00. The van der Waals surface area contributed by atoms with E-state index in [0.29, 0.717) is 11.6 Å². The molecular formula is C12H24N2. The summed E-state index contributed by atoms with van der Waals surface area (Å²) < 4.78 is 0. The van der Waals surface area contributed by atoms with Gasteiger partial charge in [-0.3, -0.25) is 0 Å². The van der Waals surface area contributed by atoms with E-state index in [2.05, 4.69) is 19.2 Å². The Hall–Kier alpha value is -0.0800. The third kappa shape index (κ3) is 2.12. The Labute approximate surface area is 87.6 Å². The van der Waals surface area contributed by atoms with Crippen molar-refractivity contribution in [2.24, 2.45) is 5.73 Å². The van der Waals surface area contributed by atoms with Crippen LogP contribution in [0.3, 0.4) is 0 Å². The zero-order valence-corrected chi connectivity index (χ0v) is 9.60. The van der Waals surface area contributed by atoms with Gasteiger partial charge in [-0.15, -0.1) is 0 Å². The zero-order valence-electron chi connectivity index (χ0n) is 9.60. The lowest BCUT2D eigenvalue weighted by Crippen LogP contribution is -2.64. The number of hydrogen-bond acceptors (Lipinski definition) is 2. The Morgan fingerprint density at radius 1 is 1.07 bits per heavy atom. The Balaban J connectivity index is 2.10. The standard InChI is InChI=1S/C12H24N2/c1-11(2)8-10(13)9-12(14-11)6-4-3-5-7-12/h10,14H,3-9,13H2,1-2H3. The average molecular weight is 196 g/mol. The third-order valence-corrected chi connectivity index (χ3v) is 3.84. The Morgan fingerprint density at radius 3 is 2.29 bits per heavy atom. The van der Waals surface area contributed by atoms with Gasteiger partial charge in [0.1, 0.15) is 0 Å². The van der Waals surface area contributed by atoms with Crippen LogP contribution in [0.1, 0.15) is 58.8 Å². The molecule has 14 heavy (non-hydrogen) atoms. The van der Waals surface area contributed by atoms with Gasteiger partial charge in [-0.25, -0.2) is 0 Å². The maximum atomic E-state index is 6.18. The molecule has 1 saturated carbocycles. The van der Waals surface area contributed by atoms with Gasteiger partial charge in [0.25, 0.3) is 0 Å². The van der Waals surface area contributed by atoms with Crippen molar-refractivity contribution in [2.75, 3.05) is 0 Å². The van der Waals surface area contributed by atoms with Gasteiger partial charge in [0.2, 0.25) is 0 Å². The van der Waals surface area contributed by atoms with E-state index in [1.54, 1.807) is 0 Å². The summed E-state index contributed by atoms with van der Waals surface area (Å²) in [6.45, 7) is 4.59. The van der Waals surface area contributed by atoms with Gasteiger partial charge in [-0.2, -0.15) is 0 Å². The van der Waals surface area contributed by atoms with Crippen molar-refractivity contribution in [1.29, 1.82) is 0 Å². The normalized spacial score (nSPS) is 35.8. The monoisotopic (exact) mass is 196 g/mol. The number of piperidine rings is 1. The Bertz CT molecular complexity index is 204. The minimum Gasteiger partial charge on any atom is -0.328 e. The van der Waals surface area contributed by atoms with Gasteiger partial charge >= 0.3 is 0 Å². The van der Waals surface area contributed by atoms with Crippen molar-refractivity contribution in [3.05, 3.63) is 0 Å². The zero-order chi connectivity index (χ0) is 10.2. The van der Waals surface area contributed by atoms with Crippen LogP contribution in [-0.2, 0) is 0 Å². The molecule has 3 N–H and O–H groups in total. The van der Waals surface area contributed by atoms with Crippen molar-refractivity contribution in [3.63, 3.8) is 0 Å². The fourth-order valence-corrected chi connectivity index (χ4v) is 3.61. The summed E-state index contributed by atoms with van der Waals surface area (Å²) >= 11 is 0. The van der Waals surface area contributed by atoms with Crippen molar-refractivity contribution in [1.82, 2.24) is 5.32 Å². The topological polar surface area (TPSA) is 38.0 Å². The van der Waals surface area contributed by atoms with Crippen LogP contribution < -0.4 is 11.1 Å². The highest BCUT2D eigenvalue weighted by Gasteiger charge is 2.42. The summed E-state index contributed by atoms with van der Waals surface area (Å²) in [4.78, 5) is 0. The van der Waals surface area contributed by atoms with Crippen molar-refractivity contribution < 1.29 is 0 Å². The lowest BCUT2D eigenvalue weighted by atomic mass is 9.71. The van der Waals surface area contributed by atoms with E-state index in [4.69, 9.17) is 5.73 Å². The molecule has 2 heteroatoms. The molecule has 1 aliphatic heterocycles. The smallest absolute Gasteiger partial charge is 0.0201 e. The van der Waals surface area contributed by atoms with Gasteiger partial charge < -0.3 is 11.1 Å². The van der Waals surface area contributed by atoms with Gasteiger partial charge in [0.15, 0.2) is 0 Å². The van der Waals surface area contributed by atoms with Crippen LogP contribution in [0.2, 0.25) is 0 Å². The van der Waals surface area contributed by atoms with Crippen molar-refractivity contribution >= 4 is 0 Å². The maximum absolute atomic E-state index is 6.18. The molecule has 2 fully saturated rings. The highest BCUT2D eigenvalue weighted by molar-refractivity contribution is 5.04. The number of nitrogens with two attached hydrogens (primary N) is 1. The molecule has 0 aromatic carbocycles. The summed E-state index contributed by atoms with van der Waals surface area (Å²) in [5, 5.41) is 3.86. The molecule has 1 heterocycles.